The molecule has 5 rings (SSSR count). The van der Waals surface area contributed by atoms with Crippen LogP contribution < -0.4 is 10.6 Å². The first-order chi connectivity index (χ1) is 20.9. The third-order valence-corrected chi connectivity index (χ3v) is 9.63. The molecule has 3 aliphatic rings. The van der Waals surface area contributed by atoms with Crippen molar-refractivity contribution in [2.45, 2.75) is 115 Å². The maximum atomic E-state index is 13.9. The average molecular weight is 589 g/mol. The number of nitrogens with one attached hydrogen (secondary N) is 2. The fourth-order valence-electron chi connectivity index (χ4n) is 7.13. The Bertz CT molecular complexity index is 1330. The molecular weight excluding hydrogens is 544 g/mol. The van der Waals surface area contributed by atoms with Gasteiger partial charge in [0.25, 0.3) is 5.91 Å². The summed E-state index contributed by atoms with van der Waals surface area (Å²) in [7, 11) is 0. The van der Waals surface area contributed by atoms with Gasteiger partial charge in [-0.3, -0.25) is 29.0 Å². The van der Waals surface area contributed by atoms with E-state index < -0.39 is 29.6 Å². The summed E-state index contributed by atoms with van der Waals surface area (Å²) in [5.74, 6) is -2.76. The van der Waals surface area contributed by atoms with Crippen molar-refractivity contribution in [2.24, 2.45) is 17.8 Å². The number of rotatable bonds is 12. The lowest BCUT2D eigenvalue weighted by Gasteiger charge is -2.28. The first kappa shape index (κ1) is 31.0. The largest absolute Gasteiger partial charge is 0.347 e. The number of ketones is 3. The van der Waals surface area contributed by atoms with E-state index in [0.29, 0.717) is 36.2 Å². The highest BCUT2D eigenvalue weighted by molar-refractivity contribution is 6.38. The van der Waals surface area contributed by atoms with Gasteiger partial charge in [-0.05, 0) is 56.6 Å². The second-order valence-corrected chi connectivity index (χ2v) is 12.8. The van der Waals surface area contributed by atoms with Gasteiger partial charge in [0, 0.05) is 30.7 Å². The van der Waals surface area contributed by atoms with Crippen LogP contribution in [0.1, 0.15) is 113 Å². The molecule has 230 valence electrons. The van der Waals surface area contributed by atoms with Crippen LogP contribution in [0.15, 0.2) is 30.5 Å². The molecule has 0 saturated heterocycles. The summed E-state index contributed by atoms with van der Waals surface area (Å²) in [5, 5.41) is 5.75. The van der Waals surface area contributed by atoms with Crippen molar-refractivity contribution in [3.63, 3.8) is 0 Å². The summed E-state index contributed by atoms with van der Waals surface area (Å²) in [6.07, 6.45) is 14.0. The summed E-state index contributed by atoms with van der Waals surface area (Å²) in [6, 6.07) is 6.16. The SMILES string of the molecule is O=C(NC1CCCCC1)C(=O)[C@H](C[C@@H]1CCCC1=O)NC(=O)[C@@H](CC(=O)c1cnc2ccccc2n1)CC1CCCCC1. The van der Waals surface area contributed by atoms with Gasteiger partial charge in [-0.15, -0.1) is 0 Å². The average Bonchev–Trinajstić information content (AvgIpc) is 3.44. The van der Waals surface area contributed by atoms with Crippen LogP contribution in [0.2, 0.25) is 0 Å². The van der Waals surface area contributed by atoms with Crippen LogP contribution in [0.4, 0.5) is 0 Å². The predicted octanol–water partition coefficient (Wildman–Crippen LogP) is 5.05. The van der Waals surface area contributed by atoms with E-state index in [9.17, 15) is 24.0 Å². The second-order valence-electron chi connectivity index (χ2n) is 12.8. The first-order valence-corrected chi connectivity index (χ1v) is 16.3. The minimum Gasteiger partial charge on any atom is -0.347 e. The fraction of sp³-hybridized carbons (Fsp3) is 0.618. The maximum Gasteiger partial charge on any atom is 0.289 e. The molecule has 9 nitrogen and oxygen atoms in total. The minimum absolute atomic E-state index is 0.0469. The van der Waals surface area contributed by atoms with Gasteiger partial charge < -0.3 is 10.6 Å². The molecule has 2 amide bonds. The molecule has 2 aromatic rings. The molecule has 1 aromatic carbocycles. The highest BCUT2D eigenvalue weighted by Crippen LogP contribution is 2.32. The van der Waals surface area contributed by atoms with E-state index in [2.05, 4.69) is 20.6 Å². The fourth-order valence-corrected chi connectivity index (χ4v) is 7.13. The molecule has 1 heterocycles. The standard InChI is InChI=1S/C34H44N4O5/c39-30-17-9-12-23(30)19-28(32(41)34(43)36-25-13-5-2-6-14-25)38-33(42)24(18-22-10-3-1-4-11-22)20-31(40)29-21-35-26-15-7-8-16-27(26)37-29/h7-8,15-16,21-25,28H,1-6,9-14,17-20H2,(H,36,43)(H,38,42)/t23-,24+,28-/m0/s1. The number of nitrogens with zero attached hydrogens (tertiary/aromatic N) is 2. The molecule has 3 saturated carbocycles. The molecule has 3 aliphatic carbocycles. The zero-order valence-electron chi connectivity index (χ0n) is 25.0. The topological polar surface area (TPSA) is 135 Å². The number of fused-ring (bicyclic) bond motifs is 1. The highest BCUT2D eigenvalue weighted by atomic mass is 16.2. The van der Waals surface area contributed by atoms with Crippen molar-refractivity contribution in [2.75, 3.05) is 0 Å². The molecule has 0 spiro atoms. The molecule has 9 heteroatoms. The third-order valence-electron chi connectivity index (χ3n) is 9.63. The molecule has 0 unspecified atom stereocenters. The number of hydrogen-bond donors (Lipinski definition) is 2. The van der Waals surface area contributed by atoms with E-state index in [1.165, 1.54) is 12.6 Å². The Balaban J connectivity index is 1.33. The van der Waals surface area contributed by atoms with Crippen LogP contribution in [0.25, 0.3) is 11.0 Å². The van der Waals surface area contributed by atoms with Gasteiger partial charge in [-0.25, -0.2) is 4.98 Å². The number of Topliss-reactive ketones (excluding diaryl/α,β-unsaturated/α-hetero) is 3. The molecule has 1 aromatic heterocycles. The molecule has 3 atom stereocenters. The first-order valence-electron chi connectivity index (χ1n) is 16.3. The van der Waals surface area contributed by atoms with Crippen LogP contribution >= 0.6 is 0 Å². The van der Waals surface area contributed by atoms with E-state index in [4.69, 9.17) is 0 Å². The smallest absolute Gasteiger partial charge is 0.289 e. The van der Waals surface area contributed by atoms with Crippen LogP contribution in [-0.4, -0.2) is 51.2 Å². The predicted molar refractivity (Wildman–Crippen MR) is 162 cm³/mol. The maximum absolute atomic E-state index is 13.9. The molecular formula is C34H44N4O5. The number of carbonyl (C=O) groups is 5. The molecule has 0 aliphatic heterocycles. The summed E-state index contributed by atoms with van der Waals surface area (Å²) in [4.78, 5) is 75.3. The van der Waals surface area contributed by atoms with Crippen molar-refractivity contribution in [1.29, 1.82) is 0 Å². The van der Waals surface area contributed by atoms with E-state index in [-0.39, 0.29) is 42.1 Å². The van der Waals surface area contributed by atoms with Gasteiger partial charge in [-0.2, -0.15) is 0 Å². The Labute approximate surface area is 253 Å². The molecule has 43 heavy (non-hydrogen) atoms. The van der Waals surface area contributed by atoms with Gasteiger partial charge in [0.15, 0.2) is 5.78 Å². The minimum atomic E-state index is -1.10. The number of carbonyl (C=O) groups excluding carboxylic acids is 5. The Morgan fingerprint density at radius 1 is 0.837 bits per heavy atom. The molecule has 3 fully saturated rings. The number of amides is 2. The lowest BCUT2D eigenvalue weighted by molar-refractivity contribution is -0.141. The van der Waals surface area contributed by atoms with E-state index in [1.807, 2.05) is 18.2 Å². The normalized spacial score (nSPS) is 21.3. The van der Waals surface area contributed by atoms with Gasteiger partial charge in [0.2, 0.25) is 11.7 Å². The van der Waals surface area contributed by atoms with Gasteiger partial charge in [0.1, 0.15) is 11.5 Å². The van der Waals surface area contributed by atoms with E-state index in [0.717, 1.165) is 64.2 Å². The van der Waals surface area contributed by atoms with Crippen LogP contribution in [-0.2, 0) is 19.2 Å². The summed E-state index contributed by atoms with van der Waals surface area (Å²) >= 11 is 0. The third kappa shape index (κ3) is 8.33. The Kier molecular flexibility index (Phi) is 10.7. The van der Waals surface area contributed by atoms with Crippen LogP contribution in [0, 0.1) is 17.8 Å². The number of para-hydroxylation sites is 2. The Morgan fingerprint density at radius 2 is 1.53 bits per heavy atom. The van der Waals surface area contributed by atoms with E-state index >= 15 is 0 Å². The van der Waals surface area contributed by atoms with Gasteiger partial charge in [0.05, 0.1) is 23.3 Å². The monoisotopic (exact) mass is 588 g/mol. The van der Waals surface area contributed by atoms with Crippen molar-refractivity contribution < 1.29 is 24.0 Å². The van der Waals surface area contributed by atoms with Crippen molar-refractivity contribution in [1.82, 2.24) is 20.6 Å². The molecule has 0 radical (unpaired) electrons. The Hall–Kier alpha value is -3.49. The lowest BCUT2D eigenvalue weighted by atomic mass is 9.80. The second kappa shape index (κ2) is 14.8. The number of benzene rings is 1. The number of hydrogen-bond acceptors (Lipinski definition) is 7. The lowest BCUT2D eigenvalue weighted by Crippen LogP contribution is -2.52. The zero-order valence-corrected chi connectivity index (χ0v) is 25.0. The van der Waals surface area contributed by atoms with Crippen molar-refractivity contribution in [3.05, 3.63) is 36.2 Å². The Morgan fingerprint density at radius 3 is 2.23 bits per heavy atom. The highest BCUT2D eigenvalue weighted by Gasteiger charge is 2.37. The molecule has 0 bridgehead atoms. The summed E-state index contributed by atoms with van der Waals surface area (Å²) in [5.41, 5.74) is 1.50. The van der Waals surface area contributed by atoms with Gasteiger partial charge in [-0.1, -0.05) is 63.5 Å². The quantitative estimate of drug-likeness (QED) is 0.262. The van der Waals surface area contributed by atoms with Gasteiger partial charge >= 0.3 is 0 Å². The number of aromatic nitrogens is 2. The molecule has 2 N–H and O–H groups in total. The van der Waals surface area contributed by atoms with E-state index in [1.54, 1.807) is 6.07 Å². The zero-order chi connectivity index (χ0) is 30.2. The summed E-state index contributed by atoms with van der Waals surface area (Å²) in [6.45, 7) is 0. The summed E-state index contributed by atoms with van der Waals surface area (Å²) < 4.78 is 0. The van der Waals surface area contributed by atoms with Crippen molar-refractivity contribution >= 4 is 40.2 Å². The van der Waals surface area contributed by atoms with Crippen LogP contribution in [0.5, 0.6) is 0 Å². The van der Waals surface area contributed by atoms with Crippen molar-refractivity contribution in [3.8, 4) is 0 Å². The van der Waals surface area contributed by atoms with Crippen LogP contribution in [0.3, 0.4) is 0 Å².